The number of nitro groups is 1. The number of hydrogen-bond acceptors (Lipinski definition) is 5. The summed E-state index contributed by atoms with van der Waals surface area (Å²) in [4.78, 5) is 34.4. The smallest absolute Gasteiger partial charge is 0.326 e. The van der Waals surface area contributed by atoms with E-state index in [9.17, 15) is 24.8 Å². The number of non-ortho nitro benzene ring substituents is 1. The molecule has 1 amide bonds. The fraction of sp³-hybridized carbons (Fsp3) is 0.333. The number of carbonyl (C=O) groups excluding carboxylic acids is 1. The van der Waals surface area contributed by atoms with E-state index in [1.54, 1.807) is 0 Å². The minimum atomic E-state index is -1.22. The standard InChI is InChI=1S/C12H11ClN2O6/c13-9-3-6(15(20)21)1-2-8(9)11(17)14-5-7(16)4-10(14)12(18)19/h1-3,7,10,16H,4-5H2,(H,18,19)/t7-,10-/m1/s1. The number of benzene rings is 1. The van der Waals surface area contributed by atoms with E-state index in [4.69, 9.17) is 16.7 Å². The van der Waals surface area contributed by atoms with Crippen molar-refractivity contribution in [2.75, 3.05) is 6.54 Å². The van der Waals surface area contributed by atoms with Gasteiger partial charge >= 0.3 is 5.97 Å². The molecule has 8 nitrogen and oxygen atoms in total. The summed E-state index contributed by atoms with van der Waals surface area (Å²) in [5.74, 6) is -1.91. The normalized spacial score (nSPS) is 21.3. The van der Waals surface area contributed by atoms with Gasteiger partial charge in [-0.25, -0.2) is 4.79 Å². The molecule has 0 bridgehead atoms. The number of rotatable bonds is 3. The van der Waals surface area contributed by atoms with Crippen molar-refractivity contribution in [2.24, 2.45) is 0 Å². The molecule has 0 aliphatic carbocycles. The lowest BCUT2D eigenvalue weighted by atomic mass is 10.1. The van der Waals surface area contributed by atoms with Crippen LogP contribution in [0.15, 0.2) is 18.2 Å². The summed E-state index contributed by atoms with van der Waals surface area (Å²) in [5, 5.41) is 29.1. The molecule has 1 aliphatic heterocycles. The number of aliphatic hydroxyl groups is 1. The van der Waals surface area contributed by atoms with E-state index in [0.29, 0.717) is 0 Å². The highest BCUT2D eigenvalue weighted by molar-refractivity contribution is 6.34. The van der Waals surface area contributed by atoms with Gasteiger partial charge in [-0.05, 0) is 6.07 Å². The molecule has 112 valence electrons. The van der Waals surface area contributed by atoms with Crippen molar-refractivity contribution in [1.29, 1.82) is 0 Å². The Labute approximate surface area is 123 Å². The highest BCUT2D eigenvalue weighted by Gasteiger charge is 2.39. The molecule has 21 heavy (non-hydrogen) atoms. The van der Waals surface area contributed by atoms with E-state index in [-0.39, 0.29) is 29.2 Å². The average Bonchev–Trinajstić information content (AvgIpc) is 2.80. The molecule has 1 aromatic rings. The van der Waals surface area contributed by atoms with Crippen LogP contribution in [0.1, 0.15) is 16.8 Å². The number of β-amino-alcohol motifs (C(OH)–C–C–N with tert-alkyl or cyclic N) is 1. The number of carboxylic acid groups (broad SMARTS) is 1. The summed E-state index contributed by atoms with van der Waals surface area (Å²) < 4.78 is 0. The Kier molecular flexibility index (Phi) is 4.10. The zero-order chi connectivity index (χ0) is 15.7. The molecule has 1 aliphatic rings. The number of carboxylic acids is 1. The molecule has 0 spiro atoms. The lowest BCUT2D eigenvalue weighted by Crippen LogP contribution is -2.40. The maximum atomic E-state index is 12.3. The number of nitro benzene ring substituents is 1. The second kappa shape index (κ2) is 5.66. The van der Waals surface area contributed by atoms with Gasteiger partial charge in [0.1, 0.15) is 6.04 Å². The van der Waals surface area contributed by atoms with Crippen LogP contribution < -0.4 is 0 Å². The molecule has 2 N–H and O–H groups in total. The van der Waals surface area contributed by atoms with Crippen LogP contribution in [0.3, 0.4) is 0 Å². The van der Waals surface area contributed by atoms with Gasteiger partial charge in [-0.2, -0.15) is 0 Å². The van der Waals surface area contributed by atoms with E-state index in [2.05, 4.69) is 0 Å². The Balaban J connectivity index is 2.31. The first kappa shape index (κ1) is 15.2. The summed E-state index contributed by atoms with van der Waals surface area (Å²) in [7, 11) is 0. The van der Waals surface area contributed by atoms with Crippen molar-refractivity contribution in [3.63, 3.8) is 0 Å². The maximum absolute atomic E-state index is 12.3. The molecule has 2 rings (SSSR count). The first-order valence-corrected chi connectivity index (χ1v) is 6.35. The highest BCUT2D eigenvalue weighted by atomic mass is 35.5. The van der Waals surface area contributed by atoms with E-state index in [1.807, 2.05) is 0 Å². The summed E-state index contributed by atoms with van der Waals surface area (Å²) in [6.07, 6.45) is -0.988. The third kappa shape index (κ3) is 2.96. The lowest BCUT2D eigenvalue weighted by molar-refractivity contribution is -0.384. The molecule has 0 radical (unpaired) electrons. The molecule has 1 saturated heterocycles. The molecular weight excluding hydrogens is 304 g/mol. The number of hydrogen-bond donors (Lipinski definition) is 2. The number of halogens is 1. The summed E-state index contributed by atoms with van der Waals surface area (Å²) >= 11 is 5.85. The largest absolute Gasteiger partial charge is 0.480 e. The van der Waals surface area contributed by atoms with Gasteiger partial charge in [-0.3, -0.25) is 14.9 Å². The number of aliphatic hydroxyl groups excluding tert-OH is 1. The molecule has 0 unspecified atom stereocenters. The molecule has 1 aromatic carbocycles. The van der Waals surface area contributed by atoms with Crippen LogP contribution in [0.25, 0.3) is 0 Å². The quantitative estimate of drug-likeness (QED) is 0.631. The Hall–Kier alpha value is -2.19. The first-order valence-electron chi connectivity index (χ1n) is 5.97. The molecule has 2 atom stereocenters. The average molecular weight is 315 g/mol. The minimum Gasteiger partial charge on any atom is -0.480 e. The number of nitrogens with zero attached hydrogens (tertiary/aromatic N) is 2. The Morgan fingerprint density at radius 1 is 1.43 bits per heavy atom. The lowest BCUT2D eigenvalue weighted by Gasteiger charge is -2.21. The number of aliphatic carboxylic acids is 1. The van der Waals surface area contributed by atoms with Crippen LogP contribution in [0.5, 0.6) is 0 Å². The van der Waals surface area contributed by atoms with Crippen LogP contribution in [0.4, 0.5) is 5.69 Å². The van der Waals surface area contributed by atoms with Crippen molar-refractivity contribution in [3.8, 4) is 0 Å². The van der Waals surface area contributed by atoms with Crippen LogP contribution in [0.2, 0.25) is 5.02 Å². The second-order valence-corrected chi connectivity index (χ2v) is 5.03. The van der Waals surface area contributed by atoms with Crippen LogP contribution in [-0.2, 0) is 4.79 Å². The molecule has 0 saturated carbocycles. The molecule has 1 fully saturated rings. The highest BCUT2D eigenvalue weighted by Crippen LogP contribution is 2.27. The fourth-order valence-electron chi connectivity index (χ4n) is 2.22. The Bertz CT molecular complexity index is 620. The number of amides is 1. The van der Waals surface area contributed by atoms with Gasteiger partial charge < -0.3 is 15.1 Å². The molecule has 0 aromatic heterocycles. The maximum Gasteiger partial charge on any atom is 0.326 e. The Morgan fingerprint density at radius 2 is 2.10 bits per heavy atom. The second-order valence-electron chi connectivity index (χ2n) is 4.62. The van der Waals surface area contributed by atoms with Crippen LogP contribution >= 0.6 is 11.6 Å². The van der Waals surface area contributed by atoms with Gasteiger partial charge in [0.15, 0.2) is 0 Å². The van der Waals surface area contributed by atoms with Gasteiger partial charge in [0, 0.05) is 25.1 Å². The molecule has 1 heterocycles. The zero-order valence-electron chi connectivity index (χ0n) is 10.6. The van der Waals surface area contributed by atoms with Gasteiger partial charge in [-0.15, -0.1) is 0 Å². The number of carbonyl (C=O) groups is 2. The summed E-state index contributed by atoms with van der Waals surface area (Å²) in [6.45, 7) is -0.122. The zero-order valence-corrected chi connectivity index (χ0v) is 11.4. The van der Waals surface area contributed by atoms with Crippen molar-refractivity contribution >= 4 is 29.2 Å². The van der Waals surface area contributed by atoms with E-state index >= 15 is 0 Å². The minimum absolute atomic E-state index is 0.0392. The molecule has 9 heteroatoms. The van der Waals surface area contributed by atoms with Gasteiger partial charge in [0.25, 0.3) is 11.6 Å². The van der Waals surface area contributed by atoms with E-state index in [1.165, 1.54) is 6.07 Å². The first-order chi connectivity index (χ1) is 9.81. The van der Waals surface area contributed by atoms with Crippen molar-refractivity contribution < 1.29 is 24.7 Å². The van der Waals surface area contributed by atoms with Crippen molar-refractivity contribution in [2.45, 2.75) is 18.6 Å². The SMILES string of the molecule is O=C(O)[C@H]1C[C@@H](O)CN1C(=O)c1ccc([N+](=O)[O-])cc1Cl. The topological polar surface area (TPSA) is 121 Å². The Morgan fingerprint density at radius 3 is 2.62 bits per heavy atom. The van der Waals surface area contributed by atoms with Crippen molar-refractivity contribution in [3.05, 3.63) is 38.9 Å². The predicted molar refractivity (Wildman–Crippen MR) is 71.2 cm³/mol. The third-order valence-corrected chi connectivity index (χ3v) is 3.53. The summed E-state index contributed by atoms with van der Waals surface area (Å²) in [6, 6.07) is 2.17. The van der Waals surface area contributed by atoms with E-state index < -0.39 is 28.9 Å². The third-order valence-electron chi connectivity index (χ3n) is 3.22. The molecular formula is C12H11ClN2O6. The van der Waals surface area contributed by atoms with Crippen molar-refractivity contribution in [1.82, 2.24) is 4.90 Å². The van der Waals surface area contributed by atoms with Gasteiger partial charge in [0.05, 0.1) is 21.6 Å². The van der Waals surface area contributed by atoms with Crippen LogP contribution in [0, 0.1) is 10.1 Å². The van der Waals surface area contributed by atoms with Crippen LogP contribution in [-0.4, -0.2) is 50.6 Å². The fourth-order valence-corrected chi connectivity index (χ4v) is 2.47. The van der Waals surface area contributed by atoms with Gasteiger partial charge in [-0.1, -0.05) is 11.6 Å². The monoisotopic (exact) mass is 314 g/mol. The van der Waals surface area contributed by atoms with E-state index in [0.717, 1.165) is 17.0 Å². The van der Waals surface area contributed by atoms with Gasteiger partial charge in [0.2, 0.25) is 0 Å². The number of likely N-dealkylation sites (tertiary alicyclic amines) is 1. The predicted octanol–water partition coefficient (Wildman–Crippen LogP) is 0.908. The summed E-state index contributed by atoms with van der Waals surface area (Å²) in [5.41, 5.74) is -0.310.